The van der Waals surface area contributed by atoms with E-state index < -0.39 is 5.97 Å². The summed E-state index contributed by atoms with van der Waals surface area (Å²) in [7, 11) is 0. The summed E-state index contributed by atoms with van der Waals surface area (Å²) in [5.41, 5.74) is 0.0967. The van der Waals surface area contributed by atoms with Gasteiger partial charge in [-0.15, -0.1) is 11.3 Å². The van der Waals surface area contributed by atoms with Gasteiger partial charge in [-0.3, -0.25) is 4.79 Å². The first kappa shape index (κ1) is 12.3. The summed E-state index contributed by atoms with van der Waals surface area (Å²) >= 11 is 1.45. The van der Waals surface area contributed by atoms with Crippen LogP contribution in [0.2, 0.25) is 0 Å². The van der Waals surface area contributed by atoms with Gasteiger partial charge in [0.25, 0.3) is 0 Å². The van der Waals surface area contributed by atoms with Gasteiger partial charge in [0, 0.05) is 17.8 Å². The highest BCUT2D eigenvalue weighted by Gasteiger charge is 2.11. The number of thiazole rings is 1. The lowest BCUT2D eigenvalue weighted by Crippen LogP contribution is -2.27. The van der Waals surface area contributed by atoms with Crippen molar-refractivity contribution in [1.82, 2.24) is 14.9 Å². The van der Waals surface area contributed by atoms with Gasteiger partial charge in [0.1, 0.15) is 17.2 Å². The zero-order chi connectivity index (χ0) is 13.0. The Morgan fingerprint density at radius 3 is 3.00 bits per heavy atom. The molecule has 0 bridgehead atoms. The summed E-state index contributed by atoms with van der Waals surface area (Å²) in [5, 5.41) is 14.2. The maximum Gasteiger partial charge on any atom is 0.352 e. The standard InChI is InChI=1S/C11H11N3O3S/c15-9(13-6-10-12-3-5-18-10)7-14-4-1-2-8(14)11(16)17/h1-5H,6-7H2,(H,13,15)(H,16,17). The average Bonchev–Trinajstić information content (AvgIpc) is 2.96. The number of nitrogens with one attached hydrogen (secondary N) is 1. The Bertz CT molecular complexity index is 548. The maximum atomic E-state index is 11.6. The SMILES string of the molecule is O=C(Cn1cccc1C(=O)O)NCc1nccs1. The van der Waals surface area contributed by atoms with Crippen LogP contribution in [0.5, 0.6) is 0 Å². The van der Waals surface area contributed by atoms with E-state index in [0.717, 1.165) is 5.01 Å². The highest BCUT2D eigenvalue weighted by Crippen LogP contribution is 2.04. The third kappa shape index (κ3) is 2.95. The molecular formula is C11H11N3O3S. The summed E-state index contributed by atoms with van der Waals surface area (Å²) < 4.78 is 1.39. The van der Waals surface area contributed by atoms with Crippen molar-refractivity contribution in [3.05, 3.63) is 40.6 Å². The van der Waals surface area contributed by atoms with Crippen molar-refractivity contribution in [2.45, 2.75) is 13.1 Å². The van der Waals surface area contributed by atoms with Gasteiger partial charge in [0.05, 0.1) is 6.54 Å². The Morgan fingerprint density at radius 1 is 1.50 bits per heavy atom. The molecule has 2 heterocycles. The molecule has 0 aliphatic rings. The number of hydrogen-bond acceptors (Lipinski definition) is 4. The first-order valence-corrected chi connectivity index (χ1v) is 6.08. The van der Waals surface area contributed by atoms with Crippen LogP contribution in [0.4, 0.5) is 0 Å². The molecule has 0 atom stereocenters. The Kier molecular flexibility index (Phi) is 3.73. The molecule has 0 unspecified atom stereocenters. The number of nitrogens with zero attached hydrogens (tertiary/aromatic N) is 2. The zero-order valence-electron chi connectivity index (χ0n) is 9.37. The van der Waals surface area contributed by atoms with Gasteiger partial charge >= 0.3 is 5.97 Å². The zero-order valence-corrected chi connectivity index (χ0v) is 10.2. The van der Waals surface area contributed by atoms with E-state index in [1.54, 1.807) is 18.5 Å². The van der Waals surface area contributed by atoms with Crippen LogP contribution >= 0.6 is 11.3 Å². The molecule has 0 aromatic carbocycles. The van der Waals surface area contributed by atoms with E-state index in [4.69, 9.17) is 5.11 Å². The largest absolute Gasteiger partial charge is 0.477 e. The van der Waals surface area contributed by atoms with Crippen LogP contribution in [0.25, 0.3) is 0 Å². The van der Waals surface area contributed by atoms with Crippen LogP contribution < -0.4 is 5.32 Å². The van der Waals surface area contributed by atoms with Gasteiger partial charge in [0.15, 0.2) is 0 Å². The number of rotatable bonds is 5. The first-order valence-electron chi connectivity index (χ1n) is 5.20. The number of carboxylic acids is 1. The van der Waals surface area contributed by atoms with Gasteiger partial charge in [-0.05, 0) is 12.1 Å². The minimum absolute atomic E-state index is 0.0139. The van der Waals surface area contributed by atoms with Crippen molar-refractivity contribution in [1.29, 1.82) is 0 Å². The van der Waals surface area contributed by atoms with Crippen LogP contribution in [0.3, 0.4) is 0 Å². The second kappa shape index (κ2) is 5.46. The van der Waals surface area contributed by atoms with E-state index >= 15 is 0 Å². The van der Waals surface area contributed by atoms with E-state index in [1.807, 2.05) is 5.38 Å². The van der Waals surface area contributed by atoms with Crippen LogP contribution in [0.15, 0.2) is 29.9 Å². The molecular weight excluding hydrogens is 254 g/mol. The van der Waals surface area contributed by atoms with E-state index in [2.05, 4.69) is 10.3 Å². The third-order valence-corrected chi connectivity index (χ3v) is 3.06. The van der Waals surface area contributed by atoms with Crippen LogP contribution in [-0.4, -0.2) is 26.5 Å². The predicted molar refractivity (Wildman–Crippen MR) is 65.4 cm³/mol. The van der Waals surface area contributed by atoms with Gasteiger partial charge < -0.3 is 15.0 Å². The smallest absolute Gasteiger partial charge is 0.352 e. The number of amides is 1. The molecule has 2 aromatic rings. The van der Waals surface area contributed by atoms with Crippen molar-refractivity contribution in [2.24, 2.45) is 0 Å². The Balaban J connectivity index is 1.91. The van der Waals surface area contributed by atoms with Crippen LogP contribution in [0.1, 0.15) is 15.5 Å². The van der Waals surface area contributed by atoms with E-state index in [-0.39, 0.29) is 18.1 Å². The monoisotopic (exact) mass is 265 g/mol. The molecule has 7 heteroatoms. The topological polar surface area (TPSA) is 84.2 Å². The first-order chi connectivity index (χ1) is 8.66. The highest BCUT2D eigenvalue weighted by molar-refractivity contribution is 7.09. The second-order valence-corrected chi connectivity index (χ2v) is 4.51. The molecule has 0 spiro atoms. The lowest BCUT2D eigenvalue weighted by atomic mass is 10.4. The Morgan fingerprint density at radius 2 is 2.33 bits per heavy atom. The van der Waals surface area contributed by atoms with E-state index in [0.29, 0.717) is 6.54 Å². The molecule has 94 valence electrons. The quantitative estimate of drug-likeness (QED) is 0.843. The van der Waals surface area contributed by atoms with Crippen molar-refractivity contribution < 1.29 is 14.7 Å². The van der Waals surface area contributed by atoms with Gasteiger partial charge in [-0.25, -0.2) is 9.78 Å². The Labute approximate surface area is 107 Å². The minimum Gasteiger partial charge on any atom is -0.477 e. The summed E-state index contributed by atoms with van der Waals surface area (Å²) in [6.45, 7) is 0.347. The van der Waals surface area contributed by atoms with E-state index in [1.165, 1.54) is 22.0 Å². The predicted octanol–water partition coefficient (Wildman–Crippen LogP) is 0.959. The summed E-state index contributed by atoms with van der Waals surface area (Å²) in [5.74, 6) is -1.29. The molecule has 0 saturated carbocycles. The van der Waals surface area contributed by atoms with Crippen molar-refractivity contribution in [3.63, 3.8) is 0 Å². The molecule has 1 amide bonds. The molecule has 0 aliphatic heterocycles. The summed E-state index contributed by atoms with van der Waals surface area (Å²) in [6, 6.07) is 3.05. The fourth-order valence-corrected chi connectivity index (χ4v) is 2.03. The normalized spacial score (nSPS) is 10.2. The molecule has 2 aromatic heterocycles. The average molecular weight is 265 g/mol. The van der Waals surface area contributed by atoms with Crippen molar-refractivity contribution in [3.8, 4) is 0 Å². The number of carboxylic acid groups (broad SMARTS) is 1. The van der Waals surface area contributed by atoms with Gasteiger partial charge in [-0.2, -0.15) is 0 Å². The molecule has 0 aliphatic carbocycles. The number of carbonyl (C=O) groups excluding carboxylic acids is 1. The number of aromatic nitrogens is 2. The molecule has 2 N–H and O–H groups in total. The number of hydrogen-bond donors (Lipinski definition) is 2. The fourth-order valence-electron chi connectivity index (χ4n) is 1.47. The molecule has 0 saturated heterocycles. The lowest BCUT2D eigenvalue weighted by molar-refractivity contribution is -0.121. The van der Waals surface area contributed by atoms with Crippen LogP contribution in [0, 0.1) is 0 Å². The second-order valence-electron chi connectivity index (χ2n) is 3.53. The minimum atomic E-state index is -1.05. The van der Waals surface area contributed by atoms with Crippen molar-refractivity contribution >= 4 is 23.2 Å². The molecule has 2 rings (SSSR count). The molecule has 0 fully saturated rings. The Hall–Kier alpha value is -2.15. The van der Waals surface area contributed by atoms with E-state index in [9.17, 15) is 9.59 Å². The van der Waals surface area contributed by atoms with Gasteiger partial charge in [-0.1, -0.05) is 0 Å². The van der Waals surface area contributed by atoms with Gasteiger partial charge in [0.2, 0.25) is 5.91 Å². The highest BCUT2D eigenvalue weighted by atomic mass is 32.1. The third-order valence-electron chi connectivity index (χ3n) is 2.28. The number of carbonyl (C=O) groups is 2. The summed E-state index contributed by atoms with van der Waals surface area (Å²) in [6.07, 6.45) is 3.23. The molecule has 0 radical (unpaired) electrons. The lowest BCUT2D eigenvalue weighted by Gasteiger charge is -2.06. The summed E-state index contributed by atoms with van der Waals surface area (Å²) in [4.78, 5) is 26.5. The number of aromatic carboxylic acids is 1. The van der Waals surface area contributed by atoms with Crippen molar-refractivity contribution in [2.75, 3.05) is 0 Å². The molecule has 6 nitrogen and oxygen atoms in total. The molecule has 18 heavy (non-hydrogen) atoms. The van der Waals surface area contributed by atoms with Crippen LogP contribution in [-0.2, 0) is 17.9 Å². The fraction of sp³-hybridized carbons (Fsp3) is 0.182. The maximum absolute atomic E-state index is 11.6.